The van der Waals surface area contributed by atoms with Gasteiger partial charge in [-0.1, -0.05) is 30.3 Å². The third-order valence-electron chi connectivity index (χ3n) is 3.83. The Kier molecular flexibility index (Phi) is 4.33. The van der Waals surface area contributed by atoms with Gasteiger partial charge in [-0.05, 0) is 30.7 Å². The van der Waals surface area contributed by atoms with Gasteiger partial charge in [0.25, 0.3) is 5.91 Å². The minimum atomic E-state index is -0.155. The molecule has 0 aliphatic rings. The van der Waals surface area contributed by atoms with Gasteiger partial charge in [-0.15, -0.1) is 0 Å². The van der Waals surface area contributed by atoms with E-state index in [1.807, 2.05) is 62.5 Å². The number of carbonyl (C=O) groups excluding carboxylic acids is 1. The van der Waals surface area contributed by atoms with Gasteiger partial charge in [0.05, 0.1) is 18.5 Å². The average molecular weight is 321 g/mol. The van der Waals surface area contributed by atoms with Gasteiger partial charge >= 0.3 is 0 Å². The number of anilines is 1. The molecule has 0 saturated carbocycles. The molecule has 122 valence electrons. The summed E-state index contributed by atoms with van der Waals surface area (Å²) in [5.74, 6) is 0.651. The van der Waals surface area contributed by atoms with Crippen molar-refractivity contribution in [3.05, 3.63) is 66.0 Å². The molecule has 0 saturated heterocycles. The number of methoxy groups -OCH3 is 1. The topological polar surface area (TPSA) is 56.1 Å². The number of nitrogens with zero attached hydrogens (tertiary/aromatic N) is 2. The quantitative estimate of drug-likeness (QED) is 0.798. The number of nitrogens with one attached hydrogen (secondary N) is 1. The molecule has 0 spiro atoms. The van der Waals surface area contributed by atoms with Crippen molar-refractivity contribution in [2.45, 2.75) is 6.92 Å². The minimum absolute atomic E-state index is 0.155. The van der Waals surface area contributed by atoms with Crippen molar-refractivity contribution in [2.24, 2.45) is 7.05 Å². The summed E-state index contributed by atoms with van der Waals surface area (Å²) in [5, 5.41) is 7.10. The summed E-state index contributed by atoms with van der Waals surface area (Å²) in [7, 11) is 3.47. The number of para-hydroxylation sites is 1. The molecule has 1 heterocycles. The lowest BCUT2D eigenvalue weighted by atomic mass is 10.0. The number of aryl methyl sites for hydroxylation is 2. The lowest BCUT2D eigenvalue weighted by molar-refractivity contribution is 0.102. The summed E-state index contributed by atoms with van der Waals surface area (Å²) >= 11 is 0. The maximum Gasteiger partial charge on any atom is 0.255 e. The summed E-state index contributed by atoms with van der Waals surface area (Å²) in [6, 6.07) is 15.3. The largest absolute Gasteiger partial charge is 0.496 e. The van der Waals surface area contributed by atoms with Gasteiger partial charge in [-0.3, -0.25) is 9.48 Å². The van der Waals surface area contributed by atoms with E-state index in [0.717, 1.165) is 28.3 Å². The maximum absolute atomic E-state index is 12.4. The fourth-order valence-electron chi connectivity index (χ4n) is 2.60. The molecule has 0 aliphatic carbocycles. The number of aromatic nitrogens is 2. The van der Waals surface area contributed by atoms with Crippen LogP contribution in [0.15, 0.2) is 54.7 Å². The van der Waals surface area contributed by atoms with Crippen molar-refractivity contribution in [1.29, 1.82) is 0 Å². The molecule has 3 aromatic rings. The van der Waals surface area contributed by atoms with E-state index in [-0.39, 0.29) is 5.91 Å². The summed E-state index contributed by atoms with van der Waals surface area (Å²) in [5.41, 5.74) is 4.10. The van der Waals surface area contributed by atoms with Crippen molar-refractivity contribution in [1.82, 2.24) is 9.78 Å². The summed E-state index contributed by atoms with van der Waals surface area (Å²) in [6.07, 6.45) is 1.79. The van der Waals surface area contributed by atoms with E-state index >= 15 is 0 Å². The standard InChI is InChI=1S/C19H19N3O2/c1-13-17(12-22(2)21-13)20-19(23)15-10-8-14(9-11-15)16-6-4-5-7-18(16)24-3/h4-12H,1-3H3,(H,20,23). The van der Waals surface area contributed by atoms with Crippen molar-refractivity contribution < 1.29 is 9.53 Å². The Morgan fingerprint density at radius 1 is 1.12 bits per heavy atom. The van der Waals surface area contributed by atoms with Crippen LogP contribution in [-0.4, -0.2) is 22.8 Å². The molecule has 2 aromatic carbocycles. The molecule has 0 bridgehead atoms. The van der Waals surface area contributed by atoms with Gasteiger partial charge in [0.15, 0.2) is 0 Å². The molecular formula is C19H19N3O2. The van der Waals surface area contributed by atoms with Gasteiger partial charge in [0.1, 0.15) is 5.75 Å². The highest BCUT2D eigenvalue weighted by Crippen LogP contribution is 2.29. The Labute approximate surface area is 140 Å². The third kappa shape index (κ3) is 3.15. The predicted octanol–water partition coefficient (Wildman–Crippen LogP) is 3.66. The number of carbonyl (C=O) groups is 1. The van der Waals surface area contributed by atoms with Gasteiger partial charge < -0.3 is 10.1 Å². The molecule has 0 aliphatic heterocycles. The van der Waals surface area contributed by atoms with Crippen LogP contribution < -0.4 is 10.1 Å². The predicted molar refractivity (Wildman–Crippen MR) is 94.3 cm³/mol. The van der Waals surface area contributed by atoms with Gasteiger partial charge in [-0.25, -0.2) is 0 Å². The monoisotopic (exact) mass is 321 g/mol. The highest BCUT2D eigenvalue weighted by atomic mass is 16.5. The number of ether oxygens (including phenoxy) is 1. The number of hydrogen-bond acceptors (Lipinski definition) is 3. The second-order valence-electron chi connectivity index (χ2n) is 5.53. The fourth-order valence-corrected chi connectivity index (χ4v) is 2.60. The Bertz CT molecular complexity index is 867. The number of amides is 1. The Hall–Kier alpha value is -3.08. The highest BCUT2D eigenvalue weighted by Gasteiger charge is 2.11. The van der Waals surface area contributed by atoms with Gasteiger partial charge in [-0.2, -0.15) is 5.10 Å². The van der Waals surface area contributed by atoms with Crippen molar-refractivity contribution in [3.8, 4) is 16.9 Å². The minimum Gasteiger partial charge on any atom is -0.496 e. The number of benzene rings is 2. The fraction of sp³-hybridized carbons (Fsp3) is 0.158. The van der Waals surface area contributed by atoms with Gasteiger partial charge in [0.2, 0.25) is 0 Å². The van der Waals surface area contributed by atoms with Gasteiger partial charge in [0, 0.05) is 24.4 Å². The molecule has 0 radical (unpaired) electrons. The van der Waals surface area contributed by atoms with E-state index in [0.29, 0.717) is 5.56 Å². The Balaban J connectivity index is 1.81. The molecule has 1 aromatic heterocycles. The molecule has 0 atom stereocenters. The normalized spacial score (nSPS) is 10.5. The van der Waals surface area contributed by atoms with Crippen LogP contribution >= 0.6 is 0 Å². The molecule has 0 fully saturated rings. The zero-order valence-corrected chi connectivity index (χ0v) is 13.9. The molecule has 1 N–H and O–H groups in total. The average Bonchev–Trinajstić information content (AvgIpc) is 2.92. The highest BCUT2D eigenvalue weighted by molar-refractivity contribution is 6.04. The first-order valence-corrected chi connectivity index (χ1v) is 7.63. The smallest absolute Gasteiger partial charge is 0.255 e. The van der Waals surface area contributed by atoms with E-state index in [1.54, 1.807) is 18.0 Å². The molecule has 0 unspecified atom stereocenters. The van der Waals surface area contributed by atoms with E-state index in [1.165, 1.54) is 0 Å². The van der Waals surface area contributed by atoms with E-state index in [4.69, 9.17) is 4.74 Å². The summed E-state index contributed by atoms with van der Waals surface area (Å²) in [4.78, 5) is 12.4. The first-order chi connectivity index (χ1) is 11.6. The van der Waals surface area contributed by atoms with Crippen LogP contribution in [0.5, 0.6) is 5.75 Å². The van der Waals surface area contributed by atoms with Crippen LogP contribution in [0.1, 0.15) is 16.1 Å². The van der Waals surface area contributed by atoms with Crippen molar-refractivity contribution in [2.75, 3.05) is 12.4 Å². The molecular weight excluding hydrogens is 302 g/mol. The van der Waals surface area contributed by atoms with Crippen LogP contribution in [0.25, 0.3) is 11.1 Å². The summed E-state index contributed by atoms with van der Waals surface area (Å²) < 4.78 is 7.06. The first kappa shape index (κ1) is 15.8. The van der Waals surface area contributed by atoms with Crippen molar-refractivity contribution >= 4 is 11.6 Å². The Morgan fingerprint density at radius 2 is 1.83 bits per heavy atom. The van der Waals surface area contributed by atoms with Crippen LogP contribution in [0.2, 0.25) is 0 Å². The number of rotatable bonds is 4. The van der Waals surface area contributed by atoms with Crippen LogP contribution in [-0.2, 0) is 7.05 Å². The third-order valence-corrected chi connectivity index (χ3v) is 3.83. The maximum atomic E-state index is 12.4. The zero-order chi connectivity index (χ0) is 17.1. The summed E-state index contributed by atoms with van der Waals surface area (Å²) in [6.45, 7) is 1.86. The SMILES string of the molecule is COc1ccccc1-c1ccc(C(=O)Nc2cn(C)nc2C)cc1. The molecule has 5 heteroatoms. The number of hydrogen-bond donors (Lipinski definition) is 1. The molecule has 3 rings (SSSR count). The molecule has 5 nitrogen and oxygen atoms in total. The van der Waals surface area contributed by atoms with Crippen LogP contribution in [0.4, 0.5) is 5.69 Å². The lowest BCUT2D eigenvalue weighted by Gasteiger charge is -2.09. The lowest BCUT2D eigenvalue weighted by Crippen LogP contribution is -2.12. The van der Waals surface area contributed by atoms with Crippen LogP contribution in [0.3, 0.4) is 0 Å². The van der Waals surface area contributed by atoms with Crippen molar-refractivity contribution in [3.63, 3.8) is 0 Å². The van der Waals surface area contributed by atoms with E-state index in [9.17, 15) is 4.79 Å². The second kappa shape index (κ2) is 6.58. The van der Waals surface area contributed by atoms with Crippen LogP contribution in [0, 0.1) is 6.92 Å². The zero-order valence-electron chi connectivity index (χ0n) is 13.9. The van der Waals surface area contributed by atoms with E-state index in [2.05, 4.69) is 10.4 Å². The van der Waals surface area contributed by atoms with E-state index < -0.39 is 0 Å². The molecule has 24 heavy (non-hydrogen) atoms. The molecule has 1 amide bonds. The first-order valence-electron chi connectivity index (χ1n) is 7.63. The Morgan fingerprint density at radius 3 is 2.46 bits per heavy atom. The second-order valence-corrected chi connectivity index (χ2v) is 5.53.